The molecule has 94 valence electrons. The number of carboxylic acid groups (broad SMARTS) is 1. The van der Waals surface area contributed by atoms with Gasteiger partial charge in [0.1, 0.15) is 11.3 Å². The molecule has 0 spiro atoms. The van der Waals surface area contributed by atoms with Crippen LogP contribution < -0.4 is 4.74 Å². The summed E-state index contributed by atoms with van der Waals surface area (Å²) >= 11 is 0. The maximum Gasteiger partial charge on any atom is 0.371 e. The van der Waals surface area contributed by atoms with Gasteiger partial charge in [0.05, 0.1) is 6.10 Å². The van der Waals surface area contributed by atoms with Crippen LogP contribution in [0.15, 0.2) is 28.7 Å². The van der Waals surface area contributed by atoms with Gasteiger partial charge in [0.2, 0.25) is 5.76 Å². The van der Waals surface area contributed by atoms with E-state index >= 15 is 0 Å². The van der Waals surface area contributed by atoms with E-state index in [1.165, 1.54) is 6.07 Å². The molecule has 0 amide bonds. The lowest BCUT2D eigenvalue weighted by Crippen LogP contribution is -2.31. The van der Waals surface area contributed by atoms with Crippen LogP contribution in [0.1, 0.15) is 30.3 Å². The molecule has 1 N–H and O–H groups in total. The van der Waals surface area contributed by atoms with E-state index in [1.54, 1.807) is 6.07 Å². The van der Waals surface area contributed by atoms with Crippen LogP contribution in [0.2, 0.25) is 0 Å². The molecule has 1 aliphatic rings. The molecular weight excluding hydrogens is 232 g/mol. The number of ether oxygens (including phenoxy) is 1. The zero-order chi connectivity index (χ0) is 12.7. The highest BCUT2D eigenvalue weighted by Gasteiger charge is 2.27. The minimum absolute atomic E-state index is 0.0422. The summed E-state index contributed by atoms with van der Waals surface area (Å²) in [4.78, 5) is 10.8. The number of benzene rings is 1. The first-order chi connectivity index (χ1) is 8.61. The molecule has 1 aromatic heterocycles. The van der Waals surface area contributed by atoms with Crippen molar-refractivity contribution in [2.45, 2.75) is 25.9 Å². The first kappa shape index (κ1) is 11.1. The minimum atomic E-state index is -1.05. The first-order valence-corrected chi connectivity index (χ1v) is 6.05. The summed E-state index contributed by atoms with van der Waals surface area (Å²) in [7, 11) is 0. The second kappa shape index (κ2) is 4.05. The third-order valence-electron chi connectivity index (χ3n) is 3.33. The maximum absolute atomic E-state index is 10.8. The zero-order valence-corrected chi connectivity index (χ0v) is 10.1. The van der Waals surface area contributed by atoms with E-state index in [2.05, 4.69) is 6.92 Å². The van der Waals surface area contributed by atoms with Crippen LogP contribution in [0.3, 0.4) is 0 Å². The largest absolute Gasteiger partial charge is 0.490 e. The number of carboxylic acids is 1. The van der Waals surface area contributed by atoms with Crippen molar-refractivity contribution in [3.63, 3.8) is 0 Å². The van der Waals surface area contributed by atoms with Crippen molar-refractivity contribution < 1.29 is 19.1 Å². The zero-order valence-electron chi connectivity index (χ0n) is 10.1. The van der Waals surface area contributed by atoms with E-state index < -0.39 is 5.97 Å². The Hall–Kier alpha value is -1.97. The average molecular weight is 246 g/mol. The lowest BCUT2D eigenvalue weighted by molar-refractivity contribution is 0.0665. The van der Waals surface area contributed by atoms with Crippen LogP contribution in [0.5, 0.6) is 5.75 Å². The van der Waals surface area contributed by atoms with Crippen molar-refractivity contribution in [2.24, 2.45) is 5.92 Å². The van der Waals surface area contributed by atoms with Crippen molar-refractivity contribution in [2.75, 3.05) is 0 Å². The summed E-state index contributed by atoms with van der Waals surface area (Å²) < 4.78 is 11.0. The van der Waals surface area contributed by atoms with Gasteiger partial charge in [-0.05, 0) is 43.0 Å². The predicted molar refractivity (Wildman–Crippen MR) is 66.0 cm³/mol. The van der Waals surface area contributed by atoms with E-state index in [1.807, 2.05) is 12.1 Å². The number of rotatable bonds is 3. The Balaban J connectivity index is 1.84. The summed E-state index contributed by atoms with van der Waals surface area (Å²) in [5.74, 6) is 0.421. The molecule has 0 bridgehead atoms. The standard InChI is InChI=1S/C14H14O4/c1-8-4-11(5-8)17-10-2-3-12-9(6-10)7-13(18-12)14(15)16/h2-3,6-8,11H,4-5H2,1H3,(H,15,16). The Bertz CT molecular complexity index is 593. The number of fused-ring (bicyclic) bond motifs is 1. The van der Waals surface area contributed by atoms with Crippen molar-refractivity contribution in [3.8, 4) is 5.75 Å². The molecule has 18 heavy (non-hydrogen) atoms. The fraction of sp³-hybridized carbons (Fsp3) is 0.357. The highest BCUT2D eigenvalue weighted by atomic mass is 16.5. The second-order valence-corrected chi connectivity index (χ2v) is 4.93. The molecule has 0 aliphatic heterocycles. The van der Waals surface area contributed by atoms with Crippen molar-refractivity contribution in [1.82, 2.24) is 0 Å². The molecule has 4 nitrogen and oxygen atoms in total. The van der Waals surface area contributed by atoms with Crippen LogP contribution in [0.4, 0.5) is 0 Å². The van der Waals surface area contributed by atoms with Gasteiger partial charge >= 0.3 is 5.97 Å². The van der Waals surface area contributed by atoms with Gasteiger partial charge in [-0.2, -0.15) is 0 Å². The summed E-state index contributed by atoms with van der Waals surface area (Å²) in [5.41, 5.74) is 0.571. The topological polar surface area (TPSA) is 59.7 Å². The Labute approximate surface area is 104 Å². The average Bonchev–Trinajstić information content (AvgIpc) is 2.70. The smallest absolute Gasteiger partial charge is 0.371 e. The van der Waals surface area contributed by atoms with Gasteiger partial charge in [0, 0.05) is 5.39 Å². The van der Waals surface area contributed by atoms with Crippen LogP contribution in [0, 0.1) is 5.92 Å². The first-order valence-electron chi connectivity index (χ1n) is 6.05. The number of hydrogen-bond donors (Lipinski definition) is 1. The highest BCUT2D eigenvalue weighted by Crippen LogP contribution is 2.32. The Kier molecular flexibility index (Phi) is 2.51. The van der Waals surface area contributed by atoms with Crippen LogP contribution in [0.25, 0.3) is 11.0 Å². The van der Waals surface area contributed by atoms with E-state index in [4.69, 9.17) is 14.3 Å². The molecule has 3 rings (SSSR count). The monoisotopic (exact) mass is 246 g/mol. The molecule has 1 heterocycles. The van der Waals surface area contributed by atoms with E-state index in [0.717, 1.165) is 29.9 Å². The summed E-state index contributed by atoms with van der Waals surface area (Å²) in [5, 5.41) is 9.61. The third kappa shape index (κ3) is 1.94. The van der Waals surface area contributed by atoms with Gasteiger partial charge in [-0.3, -0.25) is 0 Å². The van der Waals surface area contributed by atoms with Crippen molar-refractivity contribution in [1.29, 1.82) is 0 Å². The van der Waals surface area contributed by atoms with Gasteiger partial charge in [0.15, 0.2) is 0 Å². The molecule has 0 atom stereocenters. The predicted octanol–water partition coefficient (Wildman–Crippen LogP) is 3.31. The molecule has 0 radical (unpaired) electrons. The van der Waals surface area contributed by atoms with Crippen molar-refractivity contribution >= 4 is 16.9 Å². The fourth-order valence-electron chi connectivity index (χ4n) is 2.32. The van der Waals surface area contributed by atoms with Crippen LogP contribution in [-0.4, -0.2) is 17.2 Å². The van der Waals surface area contributed by atoms with Gasteiger partial charge in [-0.1, -0.05) is 6.92 Å². The van der Waals surface area contributed by atoms with Gasteiger partial charge in [-0.25, -0.2) is 4.79 Å². The molecular formula is C14H14O4. The number of aromatic carboxylic acids is 1. The van der Waals surface area contributed by atoms with Crippen LogP contribution in [-0.2, 0) is 0 Å². The van der Waals surface area contributed by atoms with Gasteiger partial charge in [-0.15, -0.1) is 0 Å². The van der Waals surface area contributed by atoms with Crippen LogP contribution >= 0.6 is 0 Å². The molecule has 1 saturated carbocycles. The molecule has 1 aliphatic carbocycles. The summed E-state index contributed by atoms with van der Waals surface area (Å²) in [6.07, 6.45) is 2.47. The van der Waals surface area contributed by atoms with E-state index in [0.29, 0.717) is 11.7 Å². The summed E-state index contributed by atoms with van der Waals surface area (Å²) in [6.45, 7) is 2.21. The van der Waals surface area contributed by atoms with E-state index in [9.17, 15) is 4.79 Å². The molecule has 0 unspecified atom stereocenters. The Morgan fingerprint density at radius 1 is 1.39 bits per heavy atom. The third-order valence-corrected chi connectivity index (χ3v) is 3.33. The normalized spacial score (nSPS) is 22.7. The quantitative estimate of drug-likeness (QED) is 0.902. The molecule has 1 fully saturated rings. The van der Waals surface area contributed by atoms with Gasteiger partial charge < -0.3 is 14.3 Å². The maximum atomic E-state index is 10.8. The number of carbonyl (C=O) groups is 1. The molecule has 1 aromatic carbocycles. The fourth-order valence-corrected chi connectivity index (χ4v) is 2.32. The number of furan rings is 1. The molecule has 2 aromatic rings. The lowest BCUT2D eigenvalue weighted by atomic mass is 9.84. The number of hydrogen-bond acceptors (Lipinski definition) is 3. The summed E-state index contributed by atoms with van der Waals surface area (Å²) in [6, 6.07) is 6.92. The van der Waals surface area contributed by atoms with Crippen molar-refractivity contribution in [3.05, 3.63) is 30.0 Å². The highest BCUT2D eigenvalue weighted by molar-refractivity contribution is 5.91. The SMILES string of the molecule is CC1CC(Oc2ccc3oc(C(=O)O)cc3c2)C1. The Morgan fingerprint density at radius 3 is 2.83 bits per heavy atom. The second-order valence-electron chi connectivity index (χ2n) is 4.93. The Morgan fingerprint density at radius 2 is 2.17 bits per heavy atom. The molecule has 0 saturated heterocycles. The van der Waals surface area contributed by atoms with E-state index in [-0.39, 0.29) is 5.76 Å². The lowest BCUT2D eigenvalue weighted by Gasteiger charge is -2.32. The van der Waals surface area contributed by atoms with Gasteiger partial charge in [0.25, 0.3) is 0 Å². The molecule has 4 heteroatoms. The minimum Gasteiger partial charge on any atom is -0.490 e.